The summed E-state index contributed by atoms with van der Waals surface area (Å²) >= 11 is 6.17. The molecule has 5 nitrogen and oxygen atoms in total. The Bertz CT molecular complexity index is 712. The van der Waals surface area contributed by atoms with Crippen LogP contribution in [0.15, 0.2) is 30.5 Å². The number of hydrogen-bond donors (Lipinski definition) is 1. The summed E-state index contributed by atoms with van der Waals surface area (Å²) in [5, 5.41) is 4.85. The van der Waals surface area contributed by atoms with E-state index in [4.69, 9.17) is 16.3 Å². The molecule has 2 aromatic rings. The fraction of sp³-hybridized carbons (Fsp3) is 0.412. The van der Waals surface area contributed by atoms with Crippen LogP contribution in [-0.2, 0) is 4.79 Å². The Morgan fingerprint density at radius 1 is 1.35 bits per heavy atom. The van der Waals surface area contributed by atoms with Crippen LogP contribution < -0.4 is 10.1 Å². The van der Waals surface area contributed by atoms with E-state index in [-0.39, 0.29) is 12.5 Å². The van der Waals surface area contributed by atoms with Gasteiger partial charge in [-0.15, -0.1) is 0 Å². The molecule has 0 spiro atoms. The number of carbonyl (C=O) groups excluding carboxylic acids is 1. The lowest BCUT2D eigenvalue weighted by molar-refractivity contribution is -0.135. The Labute approximate surface area is 140 Å². The van der Waals surface area contributed by atoms with Crippen molar-refractivity contribution in [2.45, 2.75) is 25.9 Å². The minimum Gasteiger partial charge on any atom is -0.481 e. The average molecular weight is 334 g/mol. The van der Waals surface area contributed by atoms with Crippen molar-refractivity contribution in [3.8, 4) is 5.75 Å². The van der Waals surface area contributed by atoms with Crippen LogP contribution in [0.1, 0.15) is 13.8 Å². The summed E-state index contributed by atoms with van der Waals surface area (Å²) in [4.78, 5) is 18.5. The van der Waals surface area contributed by atoms with Crippen LogP contribution in [0.5, 0.6) is 5.75 Å². The van der Waals surface area contributed by atoms with Crippen molar-refractivity contribution in [1.29, 1.82) is 0 Å². The molecule has 1 aliphatic rings. The number of benzene rings is 1. The second-order valence-electron chi connectivity index (χ2n) is 6.00. The number of aromatic nitrogens is 1. The number of pyridine rings is 1. The van der Waals surface area contributed by atoms with Crippen molar-refractivity contribution < 1.29 is 9.53 Å². The van der Waals surface area contributed by atoms with Gasteiger partial charge in [0.1, 0.15) is 11.3 Å². The Morgan fingerprint density at radius 2 is 2.09 bits per heavy atom. The van der Waals surface area contributed by atoms with Crippen LogP contribution in [0.3, 0.4) is 0 Å². The summed E-state index contributed by atoms with van der Waals surface area (Å²) in [5.74, 6) is 0.568. The number of carbonyl (C=O) groups is 1. The summed E-state index contributed by atoms with van der Waals surface area (Å²) in [5.41, 5.74) is 0.676. The Hall–Kier alpha value is -1.85. The van der Waals surface area contributed by atoms with Gasteiger partial charge in [0, 0.05) is 36.8 Å². The molecule has 0 unspecified atom stereocenters. The molecule has 2 heterocycles. The molecule has 3 rings (SSSR count). The van der Waals surface area contributed by atoms with Crippen molar-refractivity contribution in [2.75, 3.05) is 19.7 Å². The quantitative estimate of drug-likeness (QED) is 0.937. The van der Waals surface area contributed by atoms with Gasteiger partial charge in [-0.05, 0) is 38.1 Å². The summed E-state index contributed by atoms with van der Waals surface area (Å²) in [7, 11) is 0. The molecule has 6 heteroatoms. The lowest BCUT2D eigenvalue weighted by atomic mass is 10.1. The first kappa shape index (κ1) is 16.0. The highest BCUT2D eigenvalue weighted by molar-refractivity contribution is 6.35. The topological polar surface area (TPSA) is 54.5 Å². The first-order valence-electron chi connectivity index (χ1n) is 7.74. The maximum absolute atomic E-state index is 12.4. The van der Waals surface area contributed by atoms with Crippen LogP contribution in [0.4, 0.5) is 0 Å². The van der Waals surface area contributed by atoms with Crippen molar-refractivity contribution >= 4 is 28.4 Å². The van der Waals surface area contributed by atoms with Crippen LogP contribution in [0.25, 0.3) is 10.9 Å². The third-order valence-electron chi connectivity index (χ3n) is 3.94. The smallest absolute Gasteiger partial charge is 0.260 e. The van der Waals surface area contributed by atoms with Crippen LogP contribution >= 0.6 is 11.6 Å². The van der Waals surface area contributed by atoms with Crippen molar-refractivity contribution in [3.63, 3.8) is 0 Å². The van der Waals surface area contributed by atoms with Crippen molar-refractivity contribution in [3.05, 3.63) is 35.5 Å². The Balaban J connectivity index is 1.71. The number of halogens is 1. The van der Waals surface area contributed by atoms with Gasteiger partial charge in [0.15, 0.2) is 6.61 Å². The highest BCUT2D eigenvalue weighted by Gasteiger charge is 2.25. The average Bonchev–Trinajstić information content (AvgIpc) is 2.53. The molecule has 0 aliphatic carbocycles. The molecule has 0 radical (unpaired) electrons. The molecule has 1 aromatic carbocycles. The molecule has 1 saturated heterocycles. The second-order valence-corrected chi connectivity index (χ2v) is 6.41. The molecular weight excluding hydrogens is 314 g/mol. The van der Waals surface area contributed by atoms with Crippen molar-refractivity contribution in [1.82, 2.24) is 15.2 Å². The fourth-order valence-corrected chi connectivity index (χ4v) is 3.21. The van der Waals surface area contributed by atoms with Gasteiger partial charge in [-0.2, -0.15) is 0 Å². The van der Waals surface area contributed by atoms with Crippen LogP contribution in [0.2, 0.25) is 5.02 Å². The number of piperazine rings is 1. The molecule has 2 atom stereocenters. The van der Waals surface area contributed by atoms with Gasteiger partial charge in [-0.3, -0.25) is 9.78 Å². The van der Waals surface area contributed by atoms with E-state index in [1.54, 1.807) is 18.3 Å². The van der Waals surface area contributed by atoms with E-state index in [0.717, 1.165) is 5.39 Å². The number of rotatable bonds is 3. The third kappa shape index (κ3) is 3.57. The van der Waals surface area contributed by atoms with E-state index in [0.29, 0.717) is 41.5 Å². The summed E-state index contributed by atoms with van der Waals surface area (Å²) in [6.07, 6.45) is 1.69. The standard InChI is InChI=1S/C17H20ClN3O2/c1-11-8-21(9-12(2)20-11)16(22)10-23-15-6-5-14(18)13-4-3-7-19-17(13)15/h3-7,11-12,20H,8-10H2,1-2H3/t11-,12-/m1/s1. The maximum atomic E-state index is 12.4. The van der Waals surface area contributed by atoms with Gasteiger partial charge in [0.2, 0.25) is 0 Å². The maximum Gasteiger partial charge on any atom is 0.260 e. The lowest BCUT2D eigenvalue weighted by Crippen LogP contribution is -2.56. The molecule has 1 N–H and O–H groups in total. The number of nitrogens with zero attached hydrogens (tertiary/aromatic N) is 2. The Kier molecular flexibility index (Phi) is 4.68. The van der Waals surface area contributed by atoms with E-state index in [1.807, 2.05) is 17.0 Å². The number of hydrogen-bond acceptors (Lipinski definition) is 4. The minimum absolute atomic E-state index is 0.00669. The first-order chi connectivity index (χ1) is 11.0. The molecule has 23 heavy (non-hydrogen) atoms. The number of fused-ring (bicyclic) bond motifs is 1. The molecule has 1 amide bonds. The zero-order valence-electron chi connectivity index (χ0n) is 13.3. The predicted octanol–water partition coefficient (Wildman–Crippen LogP) is 2.48. The van der Waals surface area contributed by atoms with Gasteiger partial charge < -0.3 is 15.0 Å². The molecule has 0 saturated carbocycles. The van der Waals surface area contributed by atoms with E-state index < -0.39 is 0 Å². The SMILES string of the molecule is C[C@@H]1CN(C(=O)COc2ccc(Cl)c3cccnc23)C[C@@H](C)N1. The lowest BCUT2D eigenvalue weighted by Gasteiger charge is -2.36. The van der Waals surface area contributed by atoms with Gasteiger partial charge in [0.05, 0.1) is 5.02 Å². The second kappa shape index (κ2) is 6.72. The highest BCUT2D eigenvalue weighted by Crippen LogP contribution is 2.29. The summed E-state index contributed by atoms with van der Waals surface area (Å²) in [6.45, 7) is 5.56. The number of nitrogens with one attached hydrogen (secondary N) is 1. The molecule has 1 fully saturated rings. The number of ether oxygens (including phenoxy) is 1. The molecular formula is C17H20ClN3O2. The summed E-state index contributed by atoms with van der Waals surface area (Å²) < 4.78 is 5.73. The van der Waals surface area contributed by atoms with E-state index in [2.05, 4.69) is 24.1 Å². The normalized spacial score (nSPS) is 21.4. The monoisotopic (exact) mass is 333 g/mol. The van der Waals surface area contributed by atoms with E-state index in [9.17, 15) is 4.79 Å². The molecule has 0 bridgehead atoms. The Morgan fingerprint density at radius 3 is 2.83 bits per heavy atom. The highest BCUT2D eigenvalue weighted by atomic mass is 35.5. The molecule has 1 aromatic heterocycles. The van der Waals surface area contributed by atoms with Gasteiger partial charge in [0.25, 0.3) is 5.91 Å². The first-order valence-corrected chi connectivity index (χ1v) is 8.12. The molecule has 1 aliphatic heterocycles. The van der Waals surface area contributed by atoms with Crippen molar-refractivity contribution in [2.24, 2.45) is 0 Å². The van der Waals surface area contributed by atoms with E-state index >= 15 is 0 Å². The largest absolute Gasteiger partial charge is 0.481 e. The minimum atomic E-state index is -0.00997. The number of amides is 1. The van der Waals surface area contributed by atoms with Gasteiger partial charge in [-0.1, -0.05) is 11.6 Å². The molecule has 122 valence electrons. The van der Waals surface area contributed by atoms with E-state index in [1.165, 1.54) is 0 Å². The van der Waals surface area contributed by atoms with Crippen LogP contribution in [0, 0.1) is 0 Å². The third-order valence-corrected chi connectivity index (χ3v) is 4.27. The predicted molar refractivity (Wildman–Crippen MR) is 90.9 cm³/mol. The van der Waals surface area contributed by atoms with Gasteiger partial charge >= 0.3 is 0 Å². The van der Waals surface area contributed by atoms with Gasteiger partial charge in [-0.25, -0.2) is 0 Å². The summed E-state index contributed by atoms with van der Waals surface area (Å²) in [6, 6.07) is 7.82. The zero-order chi connectivity index (χ0) is 16.4. The van der Waals surface area contributed by atoms with Crippen LogP contribution in [-0.4, -0.2) is 47.6 Å². The fourth-order valence-electron chi connectivity index (χ4n) is 2.99. The zero-order valence-corrected chi connectivity index (χ0v) is 14.0.